The van der Waals surface area contributed by atoms with Crippen molar-refractivity contribution in [1.82, 2.24) is 0 Å². The minimum atomic E-state index is -5.36. The van der Waals surface area contributed by atoms with Crippen molar-refractivity contribution in [2.75, 3.05) is 12.4 Å². The summed E-state index contributed by atoms with van der Waals surface area (Å²) in [6.07, 6.45) is -6.89. The highest BCUT2D eigenvalue weighted by molar-refractivity contribution is 6.31. The van der Waals surface area contributed by atoms with E-state index in [9.17, 15) is 27.9 Å². The molecule has 22 heavy (non-hydrogen) atoms. The van der Waals surface area contributed by atoms with E-state index in [0.29, 0.717) is 17.7 Å². The first kappa shape index (κ1) is 18.2. The maximum atomic E-state index is 12.8. The van der Waals surface area contributed by atoms with Gasteiger partial charge < -0.3 is 15.2 Å². The Morgan fingerprint density at radius 2 is 1.95 bits per heavy atom. The number of ether oxygens (including phenoxy) is 1. The number of esters is 1. The van der Waals surface area contributed by atoms with Gasteiger partial charge in [0.2, 0.25) is 5.91 Å². The molecule has 1 amide bonds. The molecule has 1 aromatic rings. The topological polar surface area (TPSA) is 75.6 Å². The molecule has 1 atom stereocenters. The van der Waals surface area contributed by atoms with Crippen LogP contribution in [0.2, 0.25) is 5.02 Å². The van der Waals surface area contributed by atoms with Crippen molar-refractivity contribution in [3.05, 3.63) is 28.8 Å². The maximum Gasteiger partial charge on any atom is 0.428 e. The van der Waals surface area contributed by atoms with E-state index in [4.69, 9.17) is 11.6 Å². The van der Waals surface area contributed by atoms with Gasteiger partial charge in [-0.15, -0.1) is 0 Å². The van der Waals surface area contributed by atoms with Gasteiger partial charge in [-0.05, 0) is 24.6 Å². The molecule has 0 aliphatic carbocycles. The molecule has 122 valence electrons. The number of nitrogens with one attached hydrogen (secondary N) is 1. The summed E-state index contributed by atoms with van der Waals surface area (Å²) >= 11 is 5.82. The van der Waals surface area contributed by atoms with E-state index in [-0.39, 0.29) is 5.69 Å². The van der Waals surface area contributed by atoms with Gasteiger partial charge in [-0.1, -0.05) is 17.7 Å². The number of anilines is 1. The lowest BCUT2D eigenvalue weighted by atomic mass is 9.98. The zero-order valence-electron chi connectivity index (χ0n) is 11.6. The number of halogens is 4. The molecule has 0 aromatic heterocycles. The molecule has 0 radical (unpaired) electrons. The minimum Gasteiger partial charge on any atom is -0.467 e. The Hall–Kier alpha value is -1.80. The molecule has 0 saturated heterocycles. The predicted octanol–water partition coefficient (Wildman–Crippen LogP) is 2.44. The third kappa shape index (κ3) is 3.89. The van der Waals surface area contributed by atoms with Crippen molar-refractivity contribution in [1.29, 1.82) is 0 Å². The zero-order chi connectivity index (χ0) is 17.1. The summed E-state index contributed by atoms with van der Waals surface area (Å²) in [6.45, 7) is 1.70. The summed E-state index contributed by atoms with van der Waals surface area (Å²) in [5.74, 6) is -3.18. The molecule has 0 bridgehead atoms. The van der Waals surface area contributed by atoms with Gasteiger partial charge in [-0.25, -0.2) is 4.79 Å². The second kappa shape index (κ2) is 6.53. The Labute approximate surface area is 129 Å². The van der Waals surface area contributed by atoms with Gasteiger partial charge in [0.05, 0.1) is 13.5 Å². The van der Waals surface area contributed by atoms with E-state index in [2.05, 4.69) is 10.1 Å². The average Bonchev–Trinajstić information content (AvgIpc) is 2.40. The van der Waals surface area contributed by atoms with Gasteiger partial charge in [0.25, 0.3) is 5.60 Å². The third-order valence-electron chi connectivity index (χ3n) is 2.86. The standard InChI is InChI=1S/C13H13ClF3NO4/c1-7-3-4-8(5-9(7)14)18-10(19)6-12(21,11(20)22-2)13(15,16)17/h3-5,21H,6H2,1-2H3,(H,18,19). The number of hydrogen-bond donors (Lipinski definition) is 2. The zero-order valence-corrected chi connectivity index (χ0v) is 12.4. The van der Waals surface area contributed by atoms with E-state index >= 15 is 0 Å². The molecule has 0 aliphatic heterocycles. The molecule has 2 N–H and O–H groups in total. The number of methoxy groups -OCH3 is 1. The Morgan fingerprint density at radius 3 is 2.41 bits per heavy atom. The Kier molecular flexibility index (Phi) is 5.42. The van der Waals surface area contributed by atoms with Crippen molar-refractivity contribution in [2.24, 2.45) is 0 Å². The molecule has 0 saturated carbocycles. The quantitative estimate of drug-likeness (QED) is 0.826. The number of amides is 1. The van der Waals surface area contributed by atoms with Gasteiger partial charge in [-0.2, -0.15) is 13.2 Å². The highest BCUT2D eigenvalue weighted by Crippen LogP contribution is 2.34. The molecule has 1 rings (SSSR count). The number of hydrogen-bond acceptors (Lipinski definition) is 4. The summed E-state index contributed by atoms with van der Waals surface area (Å²) in [7, 11) is 0.677. The van der Waals surface area contributed by atoms with Crippen molar-refractivity contribution < 1.29 is 32.6 Å². The van der Waals surface area contributed by atoms with Crippen LogP contribution in [0.15, 0.2) is 18.2 Å². The highest BCUT2D eigenvalue weighted by atomic mass is 35.5. The first-order valence-electron chi connectivity index (χ1n) is 5.95. The Bertz CT molecular complexity index is 591. The molecule has 0 aliphatic rings. The molecule has 0 fully saturated rings. The monoisotopic (exact) mass is 339 g/mol. The van der Waals surface area contributed by atoms with Crippen LogP contribution in [0.5, 0.6) is 0 Å². The fourth-order valence-electron chi connectivity index (χ4n) is 1.57. The van der Waals surface area contributed by atoms with E-state index in [1.165, 1.54) is 12.1 Å². The van der Waals surface area contributed by atoms with Crippen LogP contribution < -0.4 is 5.32 Å². The SMILES string of the molecule is COC(=O)C(O)(CC(=O)Nc1ccc(C)c(Cl)c1)C(F)(F)F. The van der Waals surface area contributed by atoms with Crippen molar-refractivity contribution in [2.45, 2.75) is 25.1 Å². The van der Waals surface area contributed by atoms with Crippen LogP contribution >= 0.6 is 11.6 Å². The molecule has 0 spiro atoms. The van der Waals surface area contributed by atoms with Gasteiger partial charge in [0.15, 0.2) is 0 Å². The number of carbonyl (C=O) groups is 2. The largest absolute Gasteiger partial charge is 0.467 e. The van der Waals surface area contributed by atoms with Crippen LogP contribution in [-0.2, 0) is 14.3 Å². The molecule has 1 unspecified atom stereocenters. The maximum absolute atomic E-state index is 12.8. The Morgan fingerprint density at radius 1 is 1.36 bits per heavy atom. The summed E-state index contributed by atoms with van der Waals surface area (Å²) in [5.41, 5.74) is -3.07. The fourth-order valence-corrected chi connectivity index (χ4v) is 1.75. The predicted molar refractivity (Wildman–Crippen MR) is 72.5 cm³/mol. The molecule has 9 heteroatoms. The molecule has 0 heterocycles. The minimum absolute atomic E-state index is 0.134. The summed E-state index contributed by atoms with van der Waals surface area (Å²) in [6, 6.07) is 4.30. The number of aryl methyl sites for hydroxylation is 1. The molecule has 1 aromatic carbocycles. The first-order chi connectivity index (χ1) is 10.0. The number of benzene rings is 1. The van der Waals surface area contributed by atoms with Crippen LogP contribution in [-0.4, -0.2) is 35.9 Å². The normalized spacial score (nSPS) is 14.1. The van der Waals surface area contributed by atoms with Gasteiger partial charge >= 0.3 is 12.1 Å². The van der Waals surface area contributed by atoms with Gasteiger partial charge in [0.1, 0.15) is 0 Å². The lowest BCUT2D eigenvalue weighted by Crippen LogP contribution is -2.54. The second-order valence-electron chi connectivity index (χ2n) is 4.54. The average molecular weight is 340 g/mol. The summed E-state index contributed by atoms with van der Waals surface area (Å²) in [5, 5.41) is 11.9. The van der Waals surface area contributed by atoms with Crippen LogP contribution in [0.4, 0.5) is 18.9 Å². The fraction of sp³-hybridized carbons (Fsp3) is 0.385. The summed E-state index contributed by atoms with van der Waals surface area (Å²) in [4.78, 5) is 22.8. The highest BCUT2D eigenvalue weighted by Gasteiger charge is 2.61. The third-order valence-corrected chi connectivity index (χ3v) is 3.27. The number of rotatable bonds is 4. The van der Waals surface area contributed by atoms with Crippen LogP contribution in [0.1, 0.15) is 12.0 Å². The van der Waals surface area contributed by atoms with Gasteiger partial charge in [-0.3, -0.25) is 4.79 Å². The lowest BCUT2D eigenvalue weighted by molar-refractivity contribution is -0.261. The molecule has 5 nitrogen and oxygen atoms in total. The van der Waals surface area contributed by atoms with Gasteiger partial charge in [0, 0.05) is 10.7 Å². The first-order valence-corrected chi connectivity index (χ1v) is 6.32. The van der Waals surface area contributed by atoms with E-state index in [0.717, 1.165) is 0 Å². The van der Waals surface area contributed by atoms with E-state index < -0.39 is 30.1 Å². The van der Waals surface area contributed by atoms with Crippen LogP contribution in [0.3, 0.4) is 0 Å². The van der Waals surface area contributed by atoms with Crippen molar-refractivity contribution in [3.63, 3.8) is 0 Å². The number of carbonyl (C=O) groups excluding carboxylic acids is 2. The Balaban J connectivity index is 2.93. The van der Waals surface area contributed by atoms with Crippen LogP contribution in [0, 0.1) is 6.92 Å². The molecular weight excluding hydrogens is 327 g/mol. The smallest absolute Gasteiger partial charge is 0.428 e. The van der Waals surface area contributed by atoms with E-state index in [1.807, 2.05) is 0 Å². The van der Waals surface area contributed by atoms with Crippen molar-refractivity contribution in [3.8, 4) is 0 Å². The van der Waals surface area contributed by atoms with E-state index in [1.54, 1.807) is 13.0 Å². The second-order valence-corrected chi connectivity index (χ2v) is 4.95. The molecular formula is C13H13ClF3NO4. The number of alkyl halides is 3. The number of aliphatic hydroxyl groups is 1. The lowest BCUT2D eigenvalue weighted by Gasteiger charge is -2.26. The van der Waals surface area contributed by atoms with Crippen LogP contribution in [0.25, 0.3) is 0 Å². The van der Waals surface area contributed by atoms with Crippen molar-refractivity contribution >= 4 is 29.2 Å². The summed E-state index contributed by atoms with van der Waals surface area (Å²) < 4.78 is 42.3.